The molecule has 3 N–H and O–H groups in total. The normalized spacial score (nSPS) is 10.4. The maximum absolute atomic E-state index is 11.5. The summed E-state index contributed by atoms with van der Waals surface area (Å²) in [4.78, 5) is 11.5. The van der Waals surface area contributed by atoms with E-state index in [-0.39, 0.29) is 5.78 Å². The largest absolute Gasteiger partial charge is 0.398 e. The summed E-state index contributed by atoms with van der Waals surface area (Å²) in [6, 6.07) is 9.51. The average Bonchev–Trinajstić information content (AvgIpc) is 2.38. The van der Waals surface area contributed by atoms with Gasteiger partial charge < -0.3 is 11.1 Å². The molecule has 0 unspecified atom stereocenters. The lowest BCUT2D eigenvalue weighted by Crippen LogP contribution is -2.01. The van der Waals surface area contributed by atoms with E-state index in [1.54, 1.807) is 12.1 Å². The average molecular weight is 333 g/mol. The number of Topliss-reactive ketones (excluding diaryl/α,β-unsaturated/α-hetero) is 1. The number of anilines is 3. The monoisotopic (exact) mass is 332 g/mol. The van der Waals surface area contributed by atoms with Crippen molar-refractivity contribution >= 4 is 38.8 Å². The molecule has 3 nitrogen and oxygen atoms in total. The van der Waals surface area contributed by atoms with Gasteiger partial charge in [-0.2, -0.15) is 0 Å². The zero-order chi connectivity index (χ0) is 14.9. The summed E-state index contributed by atoms with van der Waals surface area (Å²) in [6.07, 6.45) is 0. The molecule has 2 aromatic rings. The zero-order valence-electron chi connectivity index (χ0n) is 11.8. The van der Waals surface area contributed by atoms with Gasteiger partial charge in [0.05, 0.1) is 0 Å². The molecule has 0 saturated heterocycles. The van der Waals surface area contributed by atoms with E-state index in [4.69, 9.17) is 5.73 Å². The second-order valence-electron chi connectivity index (χ2n) is 4.91. The van der Waals surface area contributed by atoms with Crippen LogP contribution in [-0.2, 0) is 0 Å². The zero-order valence-corrected chi connectivity index (χ0v) is 13.3. The third-order valence-corrected chi connectivity index (χ3v) is 4.41. The van der Waals surface area contributed by atoms with E-state index in [1.807, 2.05) is 19.9 Å². The number of carbonyl (C=O) groups is 1. The van der Waals surface area contributed by atoms with Crippen molar-refractivity contribution < 1.29 is 4.79 Å². The van der Waals surface area contributed by atoms with E-state index < -0.39 is 0 Å². The lowest BCUT2D eigenvalue weighted by atomic mass is 10.1. The number of aryl methyl sites for hydroxylation is 2. The quantitative estimate of drug-likeness (QED) is 0.638. The van der Waals surface area contributed by atoms with Crippen molar-refractivity contribution in [3.63, 3.8) is 0 Å². The van der Waals surface area contributed by atoms with Crippen molar-refractivity contribution in [1.82, 2.24) is 0 Å². The van der Waals surface area contributed by atoms with Gasteiger partial charge in [-0.1, -0.05) is 15.9 Å². The molecule has 0 saturated carbocycles. The first-order chi connectivity index (χ1) is 9.38. The van der Waals surface area contributed by atoms with Crippen molar-refractivity contribution in [3.8, 4) is 0 Å². The van der Waals surface area contributed by atoms with Gasteiger partial charge >= 0.3 is 0 Å². The Hall–Kier alpha value is -1.81. The molecule has 4 heteroatoms. The summed E-state index contributed by atoms with van der Waals surface area (Å²) >= 11 is 3.55. The number of nitrogens with one attached hydrogen (secondary N) is 1. The number of hydrogen-bond donors (Lipinski definition) is 2. The highest BCUT2D eigenvalue weighted by molar-refractivity contribution is 9.10. The first-order valence-corrected chi connectivity index (χ1v) is 7.12. The fraction of sp³-hybridized carbons (Fsp3) is 0.188. The molecule has 104 valence electrons. The first-order valence-electron chi connectivity index (χ1n) is 6.32. The number of nitrogen functional groups attached to an aromatic ring is 1. The van der Waals surface area contributed by atoms with Crippen LogP contribution in [0.25, 0.3) is 0 Å². The Bertz CT molecular complexity index is 657. The number of rotatable bonds is 3. The van der Waals surface area contributed by atoms with Gasteiger partial charge in [0.1, 0.15) is 0 Å². The maximum Gasteiger partial charge on any atom is 0.161 e. The highest BCUT2D eigenvalue weighted by Crippen LogP contribution is 2.28. The Labute approximate surface area is 127 Å². The fourth-order valence-corrected chi connectivity index (χ4v) is 2.35. The standard InChI is InChI=1S/C16H17BrN2O/c1-9-6-13(7-10(2)16(9)17)19-12-4-5-15(18)14(8-12)11(3)20/h4-8,19H,18H2,1-3H3. The van der Waals surface area contributed by atoms with Gasteiger partial charge in [-0.05, 0) is 62.2 Å². The molecule has 0 aromatic heterocycles. The van der Waals surface area contributed by atoms with Crippen LogP contribution in [0.3, 0.4) is 0 Å². The van der Waals surface area contributed by atoms with Gasteiger partial charge in [0, 0.05) is 27.1 Å². The van der Waals surface area contributed by atoms with Crippen LogP contribution in [0.2, 0.25) is 0 Å². The van der Waals surface area contributed by atoms with Crippen LogP contribution in [0.5, 0.6) is 0 Å². The number of ketones is 1. The minimum atomic E-state index is -0.0330. The summed E-state index contributed by atoms with van der Waals surface area (Å²) < 4.78 is 1.12. The van der Waals surface area contributed by atoms with Gasteiger partial charge in [-0.3, -0.25) is 4.79 Å². The topological polar surface area (TPSA) is 55.1 Å². The summed E-state index contributed by atoms with van der Waals surface area (Å²) in [5.74, 6) is -0.0330. The highest BCUT2D eigenvalue weighted by Gasteiger charge is 2.07. The maximum atomic E-state index is 11.5. The highest BCUT2D eigenvalue weighted by atomic mass is 79.9. The number of carbonyl (C=O) groups excluding carboxylic acids is 1. The van der Waals surface area contributed by atoms with E-state index in [2.05, 4.69) is 33.4 Å². The Kier molecular flexibility index (Phi) is 4.14. The van der Waals surface area contributed by atoms with Crippen LogP contribution in [0, 0.1) is 13.8 Å². The lowest BCUT2D eigenvalue weighted by molar-refractivity contribution is 0.101. The van der Waals surface area contributed by atoms with Crippen LogP contribution < -0.4 is 11.1 Å². The van der Waals surface area contributed by atoms with Crippen LogP contribution in [-0.4, -0.2) is 5.78 Å². The molecule has 0 bridgehead atoms. The SMILES string of the molecule is CC(=O)c1cc(Nc2cc(C)c(Br)c(C)c2)ccc1N. The van der Waals surface area contributed by atoms with Crippen LogP contribution in [0.15, 0.2) is 34.8 Å². The van der Waals surface area contributed by atoms with Gasteiger partial charge in [0.25, 0.3) is 0 Å². The minimum Gasteiger partial charge on any atom is -0.398 e. The van der Waals surface area contributed by atoms with E-state index in [1.165, 1.54) is 6.92 Å². The van der Waals surface area contributed by atoms with Gasteiger partial charge in [-0.15, -0.1) is 0 Å². The summed E-state index contributed by atoms with van der Waals surface area (Å²) in [5.41, 5.74) is 11.0. The molecule has 0 fully saturated rings. The second kappa shape index (κ2) is 5.67. The molecule has 0 amide bonds. The van der Waals surface area contributed by atoms with Gasteiger partial charge in [0.2, 0.25) is 0 Å². The van der Waals surface area contributed by atoms with Gasteiger partial charge in [-0.25, -0.2) is 0 Å². The van der Waals surface area contributed by atoms with E-state index in [0.29, 0.717) is 11.3 Å². The molecule has 2 aromatic carbocycles. The number of hydrogen-bond acceptors (Lipinski definition) is 3. The molecule has 2 rings (SSSR count). The lowest BCUT2D eigenvalue weighted by Gasteiger charge is -2.12. The second-order valence-corrected chi connectivity index (χ2v) is 5.70. The Morgan fingerprint density at radius 1 is 1.10 bits per heavy atom. The van der Waals surface area contributed by atoms with E-state index >= 15 is 0 Å². The molecule has 20 heavy (non-hydrogen) atoms. The first kappa shape index (κ1) is 14.6. The summed E-state index contributed by atoms with van der Waals surface area (Å²) in [5, 5.41) is 3.31. The van der Waals surface area contributed by atoms with Crippen LogP contribution in [0.1, 0.15) is 28.4 Å². The van der Waals surface area contributed by atoms with Crippen LogP contribution >= 0.6 is 15.9 Å². The molecule has 0 atom stereocenters. The third-order valence-electron chi connectivity index (χ3n) is 3.16. The number of benzene rings is 2. The van der Waals surface area contributed by atoms with Crippen molar-refractivity contribution in [2.45, 2.75) is 20.8 Å². The molecule has 0 spiro atoms. The Balaban J connectivity index is 2.35. The predicted octanol–water partition coefficient (Wildman–Crippen LogP) is 4.59. The smallest absolute Gasteiger partial charge is 0.161 e. The van der Waals surface area contributed by atoms with Crippen molar-refractivity contribution in [1.29, 1.82) is 0 Å². The predicted molar refractivity (Wildman–Crippen MR) is 87.8 cm³/mol. The molecule has 0 aliphatic rings. The number of halogens is 1. The van der Waals surface area contributed by atoms with Crippen LogP contribution in [0.4, 0.5) is 17.1 Å². The van der Waals surface area contributed by atoms with Crippen molar-refractivity contribution in [2.75, 3.05) is 11.1 Å². The summed E-state index contributed by atoms with van der Waals surface area (Å²) in [7, 11) is 0. The Morgan fingerprint density at radius 3 is 2.25 bits per heavy atom. The Morgan fingerprint density at radius 2 is 1.70 bits per heavy atom. The van der Waals surface area contributed by atoms with E-state index in [9.17, 15) is 4.79 Å². The van der Waals surface area contributed by atoms with E-state index in [0.717, 1.165) is 27.0 Å². The molecular formula is C16H17BrN2O. The summed E-state index contributed by atoms with van der Waals surface area (Å²) in [6.45, 7) is 5.61. The van der Waals surface area contributed by atoms with Crippen molar-refractivity contribution in [2.24, 2.45) is 0 Å². The van der Waals surface area contributed by atoms with Gasteiger partial charge in [0.15, 0.2) is 5.78 Å². The third kappa shape index (κ3) is 3.02. The fourth-order valence-electron chi connectivity index (χ4n) is 2.12. The molecule has 0 heterocycles. The molecule has 0 radical (unpaired) electrons. The molecule has 0 aliphatic carbocycles. The number of nitrogens with two attached hydrogens (primary N) is 1. The molecule has 0 aliphatic heterocycles. The van der Waals surface area contributed by atoms with Crippen molar-refractivity contribution in [3.05, 3.63) is 51.5 Å². The molecular weight excluding hydrogens is 316 g/mol. The minimum absolute atomic E-state index is 0.0330.